The van der Waals surface area contributed by atoms with E-state index >= 15 is 4.39 Å². The van der Waals surface area contributed by atoms with Crippen molar-refractivity contribution in [2.45, 2.75) is 75.9 Å². The van der Waals surface area contributed by atoms with E-state index in [0.717, 1.165) is 88.1 Å². The lowest BCUT2D eigenvalue weighted by Gasteiger charge is -2.31. The van der Waals surface area contributed by atoms with Crippen LogP contribution in [0, 0.1) is 5.82 Å². The number of ether oxygens (including phenoxy) is 2. The van der Waals surface area contributed by atoms with E-state index < -0.39 is 17.8 Å². The fraction of sp³-hybridized carbons (Fsp3) is 0.625. The van der Waals surface area contributed by atoms with E-state index in [2.05, 4.69) is 29.4 Å². The molecule has 5 rings (SSSR count). The summed E-state index contributed by atoms with van der Waals surface area (Å²) in [5.74, 6) is -0.179. The molecule has 1 aromatic heterocycles. The largest absolute Gasteiger partial charge is 0.493 e. The molecule has 2 fully saturated rings. The zero-order valence-electron chi connectivity index (χ0n) is 24.5. The van der Waals surface area contributed by atoms with Crippen LogP contribution in [0.25, 0.3) is 0 Å². The number of aryl methyl sites for hydroxylation is 2. The van der Waals surface area contributed by atoms with Crippen molar-refractivity contribution < 1.29 is 23.8 Å². The van der Waals surface area contributed by atoms with Crippen LogP contribution in [0.3, 0.4) is 0 Å². The van der Waals surface area contributed by atoms with Gasteiger partial charge in [0.2, 0.25) is 0 Å². The maximum atomic E-state index is 15.2. The van der Waals surface area contributed by atoms with Gasteiger partial charge in [0.15, 0.2) is 11.6 Å². The predicted octanol–water partition coefficient (Wildman–Crippen LogP) is 5.03. The van der Waals surface area contributed by atoms with Crippen LogP contribution in [-0.4, -0.2) is 85.5 Å². The lowest BCUT2D eigenvalue weighted by atomic mass is 9.87. The summed E-state index contributed by atoms with van der Waals surface area (Å²) in [5.41, 5.74) is 3.72. The van der Waals surface area contributed by atoms with Gasteiger partial charge >= 0.3 is 5.97 Å². The minimum atomic E-state index is -0.991. The molecule has 2 atom stereocenters. The summed E-state index contributed by atoms with van der Waals surface area (Å²) >= 11 is 0. The Labute approximate surface area is 243 Å². The molecular formula is C32H45FN4O4. The number of pyridine rings is 1. The minimum Gasteiger partial charge on any atom is -0.493 e. The molecule has 0 amide bonds. The number of anilines is 1. The number of aliphatic carboxylic acids is 1. The molecule has 3 aliphatic heterocycles. The predicted molar refractivity (Wildman–Crippen MR) is 157 cm³/mol. The molecule has 0 radical (unpaired) electrons. The zero-order valence-corrected chi connectivity index (χ0v) is 24.5. The number of hydrogen-bond acceptors (Lipinski definition) is 7. The first-order valence-electron chi connectivity index (χ1n) is 15.3. The molecule has 0 bridgehead atoms. The summed E-state index contributed by atoms with van der Waals surface area (Å²) in [6, 6.07) is 6.79. The Morgan fingerprint density at radius 3 is 2.78 bits per heavy atom. The first-order valence-corrected chi connectivity index (χ1v) is 15.3. The van der Waals surface area contributed by atoms with Crippen LogP contribution in [0.1, 0.15) is 79.3 Å². The molecule has 2 aromatic rings. The maximum absolute atomic E-state index is 15.2. The number of aromatic nitrogens is 1. The van der Waals surface area contributed by atoms with E-state index in [4.69, 9.17) is 14.5 Å². The monoisotopic (exact) mass is 568 g/mol. The Bertz CT molecular complexity index is 1190. The molecule has 9 heteroatoms. The Morgan fingerprint density at radius 2 is 2.00 bits per heavy atom. The molecule has 0 aliphatic carbocycles. The zero-order chi connectivity index (χ0) is 28.8. The molecular weight excluding hydrogens is 523 g/mol. The smallest absolute Gasteiger partial charge is 0.325 e. The average Bonchev–Trinajstić information content (AvgIpc) is 3.43. The van der Waals surface area contributed by atoms with Gasteiger partial charge in [0.25, 0.3) is 0 Å². The van der Waals surface area contributed by atoms with E-state index in [1.54, 1.807) is 0 Å². The highest BCUT2D eigenvalue weighted by atomic mass is 19.1. The van der Waals surface area contributed by atoms with Crippen molar-refractivity contribution >= 4 is 11.8 Å². The number of unbranched alkanes of at least 4 members (excludes halogenated alkanes) is 2. The van der Waals surface area contributed by atoms with E-state index in [1.807, 2.05) is 11.0 Å². The third-order valence-corrected chi connectivity index (χ3v) is 8.94. The Hall–Kier alpha value is -2.75. The van der Waals surface area contributed by atoms with Crippen LogP contribution in [0.5, 0.6) is 5.75 Å². The number of carbonyl (C=O) groups is 1. The highest BCUT2D eigenvalue weighted by Crippen LogP contribution is 2.39. The van der Waals surface area contributed by atoms with Gasteiger partial charge in [-0.15, -0.1) is 0 Å². The van der Waals surface area contributed by atoms with Gasteiger partial charge in [0.1, 0.15) is 11.9 Å². The highest BCUT2D eigenvalue weighted by molar-refractivity contribution is 5.77. The van der Waals surface area contributed by atoms with Gasteiger partial charge in [-0.25, -0.2) is 9.37 Å². The fourth-order valence-corrected chi connectivity index (χ4v) is 6.59. The van der Waals surface area contributed by atoms with Gasteiger partial charge in [-0.1, -0.05) is 12.5 Å². The summed E-state index contributed by atoms with van der Waals surface area (Å²) in [7, 11) is 3.50. The van der Waals surface area contributed by atoms with Crippen molar-refractivity contribution in [2.24, 2.45) is 0 Å². The number of hydrogen-bond donors (Lipinski definition) is 2. The molecule has 3 aliphatic rings. The molecule has 2 saturated heterocycles. The lowest BCUT2D eigenvalue weighted by Crippen LogP contribution is -2.34. The second-order valence-electron chi connectivity index (χ2n) is 11.9. The number of benzene rings is 1. The third-order valence-electron chi connectivity index (χ3n) is 8.94. The van der Waals surface area contributed by atoms with Gasteiger partial charge in [-0.05, 0) is 107 Å². The number of likely N-dealkylation sites (tertiary alicyclic amines) is 2. The van der Waals surface area contributed by atoms with Gasteiger partial charge in [0, 0.05) is 37.5 Å². The second-order valence-corrected chi connectivity index (χ2v) is 11.9. The summed E-state index contributed by atoms with van der Waals surface area (Å²) < 4.78 is 26.8. The number of methoxy groups -OCH3 is 1. The van der Waals surface area contributed by atoms with Gasteiger partial charge < -0.3 is 24.8 Å². The van der Waals surface area contributed by atoms with E-state index in [-0.39, 0.29) is 17.8 Å². The van der Waals surface area contributed by atoms with Crippen molar-refractivity contribution in [1.82, 2.24) is 14.8 Å². The van der Waals surface area contributed by atoms with Crippen LogP contribution in [0.2, 0.25) is 0 Å². The number of nitrogens with one attached hydrogen (secondary N) is 1. The van der Waals surface area contributed by atoms with Crippen LogP contribution in [-0.2, 0) is 22.4 Å². The number of fused-ring (bicyclic) bond motifs is 1. The molecule has 0 saturated carbocycles. The summed E-state index contributed by atoms with van der Waals surface area (Å²) in [6.45, 7) is 4.64. The van der Waals surface area contributed by atoms with Crippen LogP contribution in [0.15, 0.2) is 24.3 Å². The SMILES string of the molecule is COc1c(F)cc(C2CCN(C)CC2)cc1[C@H](C(=O)O)N1CC[C@@H](OCCCCCc2ccc3c(n2)NCCC3)C1. The molecule has 2 N–H and O–H groups in total. The van der Waals surface area contributed by atoms with Crippen molar-refractivity contribution in [1.29, 1.82) is 0 Å². The first kappa shape index (κ1) is 29.7. The van der Waals surface area contributed by atoms with Gasteiger partial charge in [0.05, 0.1) is 13.2 Å². The van der Waals surface area contributed by atoms with Crippen molar-refractivity contribution in [3.8, 4) is 5.75 Å². The molecule has 41 heavy (non-hydrogen) atoms. The van der Waals surface area contributed by atoms with Crippen molar-refractivity contribution in [2.75, 3.05) is 58.8 Å². The van der Waals surface area contributed by atoms with Crippen LogP contribution < -0.4 is 10.1 Å². The number of carboxylic acids is 1. The Balaban J connectivity index is 1.13. The third kappa shape index (κ3) is 7.37. The minimum absolute atomic E-state index is 0.0295. The van der Waals surface area contributed by atoms with E-state index in [9.17, 15) is 9.90 Å². The Morgan fingerprint density at radius 1 is 1.17 bits per heavy atom. The molecule has 224 valence electrons. The number of piperidine rings is 1. The van der Waals surface area contributed by atoms with E-state index in [0.29, 0.717) is 25.3 Å². The topological polar surface area (TPSA) is 87.2 Å². The number of halogens is 1. The van der Waals surface area contributed by atoms with Crippen LogP contribution >= 0.6 is 0 Å². The van der Waals surface area contributed by atoms with E-state index in [1.165, 1.54) is 25.2 Å². The van der Waals surface area contributed by atoms with Crippen molar-refractivity contribution in [3.63, 3.8) is 0 Å². The molecule has 0 spiro atoms. The maximum Gasteiger partial charge on any atom is 0.325 e. The molecule has 1 aromatic carbocycles. The summed E-state index contributed by atoms with van der Waals surface area (Å²) in [5, 5.41) is 13.7. The highest BCUT2D eigenvalue weighted by Gasteiger charge is 2.37. The molecule has 8 nitrogen and oxygen atoms in total. The number of nitrogens with zero attached hydrogens (tertiary/aromatic N) is 3. The summed E-state index contributed by atoms with van der Waals surface area (Å²) in [4.78, 5) is 21.5. The molecule has 0 unspecified atom stereocenters. The van der Waals surface area contributed by atoms with Gasteiger partial charge in [-0.3, -0.25) is 9.69 Å². The van der Waals surface area contributed by atoms with Gasteiger partial charge in [-0.2, -0.15) is 0 Å². The average molecular weight is 569 g/mol. The Kier molecular flexibility index (Phi) is 10.1. The standard InChI is InChI=1S/C32H45FN4O4/c1-36-15-11-22(12-16-36)24-19-27(30(40-2)28(33)20-24)29(32(38)39)37-17-13-26(21-37)41-18-5-3-4-8-25-10-9-23-7-6-14-34-31(23)35-25/h9-10,19-20,22,26,29H,3-8,11-18,21H2,1-2H3,(H,34,35)(H,38,39)/t26-,29-/m1/s1. The quantitative estimate of drug-likeness (QED) is 0.345. The molecule has 4 heterocycles. The lowest BCUT2D eigenvalue weighted by molar-refractivity contribution is -0.143. The first-order chi connectivity index (χ1) is 19.9. The normalized spacial score (nSPS) is 20.9. The van der Waals surface area contributed by atoms with Crippen molar-refractivity contribution in [3.05, 3.63) is 52.5 Å². The number of rotatable bonds is 12. The summed E-state index contributed by atoms with van der Waals surface area (Å²) in [6.07, 6.45) is 8.90. The number of carboxylic acid groups (broad SMARTS) is 1. The second kappa shape index (κ2) is 13.9. The fourth-order valence-electron chi connectivity index (χ4n) is 6.59. The van der Waals surface area contributed by atoms with Crippen LogP contribution in [0.4, 0.5) is 10.2 Å².